The smallest absolute Gasteiger partial charge is 0.274 e. The quantitative estimate of drug-likeness (QED) is 0.821. The first-order valence-electron chi connectivity index (χ1n) is 8.92. The molecule has 1 aliphatic heterocycles. The second-order valence-corrected chi connectivity index (χ2v) is 6.74. The Hall–Kier alpha value is -2.28. The van der Waals surface area contributed by atoms with Crippen LogP contribution in [0.5, 0.6) is 0 Å². The molecule has 0 bridgehead atoms. The molecular formula is C19H24F2N4O. The molecule has 1 aliphatic rings. The molecule has 5 nitrogen and oxygen atoms in total. The van der Waals surface area contributed by atoms with Crippen molar-refractivity contribution in [1.82, 2.24) is 19.6 Å². The monoisotopic (exact) mass is 362 g/mol. The van der Waals surface area contributed by atoms with Crippen LogP contribution in [0.4, 0.5) is 8.78 Å². The SMILES string of the molecule is CC1CN(Cc2ccccc2)CCCN1C(=O)c1ccn(CC(F)F)n1. The van der Waals surface area contributed by atoms with Gasteiger partial charge in [-0.1, -0.05) is 30.3 Å². The van der Waals surface area contributed by atoms with Gasteiger partial charge in [0.25, 0.3) is 12.3 Å². The van der Waals surface area contributed by atoms with E-state index in [0.717, 1.165) is 30.7 Å². The van der Waals surface area contributed by atoms with E-state index in [2.05, 4.69) is 22.1 Å². The van der Waals surface area contributed by atoms with Crippen molar-refractivity contribution >= 4 is 5.91 Å². The Labute approximate surface area is 152 Å². The van der Waals surface area contributed by atoms with Gasteiger partial charge in [0.2, 0.25) is 0 Å². The fourth-order valence-corrected chi connectivity index (χ4v) is 3.40. The fraction of sp³-hybridized carbons (Fsp3) is 0.474. The Balaban J connectivity index is 1.63. The minimum atomic E-state index is -2.48. The van der Waals surface area contributed by atoms with Crippen molar-refractivity contribution in [3.8, 4) is 0 Å². The summed E-state index contributed by atoms with van der Waals surface area (Å²) in [6.07, 6.45) is -0.175. The number of nitrogens with zero attached hydrogens (tertiary/aromatic N) is 4. The van der Waals surface area contributed by atoms with Crippen LogP contribution >= 0.6 is 0 Å². The second-order valence-electron chi connectivity index (χ2n) is 6.74. The maximum Gasteiger partial charge on any atom is 0.274 e. The third kappa shape index (κ3) is 4.66. The fourth-order valence-electron chi connectivity index (χ4n) is 3.40. The Morgan fingerprint density at radius 1 is 1.23 bits per heavy atom. The summed E-state index contributed by atoms with van der Waals surface area (Å²) in [5, 5.41) is 4.01. The van der Waals surface area contributed by atoms with E-state index in [1.165, 1.54) is 17.8 Å². The highest BCUT2D eigenvalue weighted by Gasteiger charge is 2.27. The van der Waals surface area contributed by atoms with Gasteiger partial charge in [-0.25, -0.2) is 8.78 Å². The maximum absolute atomic E-state index is 12.8. The van der Waals surface area contributed by atoms with E-state index in [1.807, 2.05) is 25.1 Å². The predicted molar refractivity (Wildman–Crippen MR) is 95.1 cm³/mol. The Kier molecular flexibility index (Phi) is 5.98. The molecule has 2 heterocycles. The van der Waals surface area contributed by atoms with Crippen molar-refractivity contribution in [3.63, 3.8) is 0 Å². The molecule has 0 spiro atoms. The summed E-state index contributed by atoms with van der Waals surface area (Å²) in [5.74, 6) is -0.188. The van der Waals surface area contributed by atoms with Crippen molar-refractivity contribution in [1.29, 1.82) is 0 Å². The molecule has 0 saturated carbocycles. The molecule has 0 radical (unpaired) electrons. The number of hydrogen-bond acceptors (Lipinski definition) is 3. The molecule has 2 aromatic rings. The van der Waals surface area contributed by atoms with Crippen molar-refractivity contribution in [2.24, 2.45) is 0 Å². The normalized spacial score (nSPS) is 18.9. The Morgan fingerprint density at radius 3 is 2.73 bits per heavy atom. The topological polar surface area (TPSA) is 41.4 Å². The zero-order valence-corrected chi connectivity index (χ0v) is 14.9. The summed E-state index contributed by atoms with van der Waals surface area (Å²) in [4.78, 5) is 16.9. The second kappa shape index (κ2) is 8.40. The number of rotatable bonds is 5. The zero-order valence-electron chi connectivity index (χ0n) is 14.9. The number of aromatic nitrogens is 2. The van der Waals surface area contributed by atoms with Crippen molar-refractivity contribution in [3.05, 3.63) is 53.9 Å². The number of carbonyl (C=O) groups excluding carboxylic acids is 1. The van der Waals surface area contributed by atoms with Crippen LogP contribution in [-0.4, -0.2) is 57.6 Å². The molecule has 26 heavy (non-hydrogen) atoms. The summed E-state index contributed by atoms with van der Waals surface area (Å²) < 4.78 is 26.1. The number of benzene rings is 1. The lowest BCUT2D eigenvalue weighted by Crippen LogP contribution is -2.42. The highest BCUT2D eigenvalue weighted by molar-refractivity contribution is 5.92. The summed E-state index contributed by atoms with van der Waals surface area (Å²) in [7, 11) is 0. The van der Waals surface area contributed by atoms with Crippen molar-refractivity contribution in [2.45, 2.75) is 38.9 Å². The van der Waals surface area contributed by atoms with Gasteiger partial charge in [0.15, 0.2) is 0 Å². The third-order valence-electron chi connectivity index (χ3n) is 4.62. The number of alkyl halides is 2. The number of amides is 1. The first-order valence-corrected chi connectivity index (χ1v) is 8.92. The molecular weight excluding hydrogens is 338 g/mol. The highest BCUT2D eigenvalue weighted by Crippen LogP contribution is 2.16. The van der Waals surface area contributed by atoms with Gasteiger partial charge in [-0.2, -0.15) is 5.10 Å². The maximum atomic E-state index is 12.8. The van der Waals surface area contributed by atoms with Gasteiger partial charge < -0.3 is 4.90 Å². The third-order valence-corrected chi connectivity index (χ3v) is 4.62. The summed E-state index contributed by atoms with van der Waals surface area (Å²) in [6, 6.07) is 11.8. The molecule has 7 heteroatoms. The van der Waals surface area contributed by atoms with Gasteiger partial charge in [0.1, 0.15) is 12.2 Å². The molecule has 1 fully saturated rings. The van der Waals surface area contributed by atoms with Crippen LogP contribution in [0.15, 0.2) is 42.6 Å². The molecule has 1 aromatic heterocycles. The van der Waals surface area contributed by atoms with Gasteiger partial charge in [-0.3, -0.25) is 14.4 Å². The Bertz CT molecular complexity index is 719. The minimum absolute atomic E-state index is 0.0361. The van der Waals surface area contributed by atoms with Gasteiger partial charge in [-0.15, -0.1) is 0 Å². The van der Waals surface area contributed by atoms with Crippen LogP contribution in [0.3, 0.4) is 0 Å². The highest BCUT2D eigenvalue weighted by atomic mass is 19.3. The van der Waals surface area contributed by atoms with Crippen molar-refractivity contribution in [2.75, 3.05) is 19.6 Å². The summed E-state index contributed by atoms with van der Waals surface area (Å²) in [6.45, 7) is 4.73. The first kappa shape index (κ1) is 18.5. The lowest BCUT2D eigenvalue weighted by Gasteiger charge is -2.28. The van der Waals surface area contributed by atoms with Crippen LogP contribution in [0.1, 0.15) is 29.4 Å². The lowest BCUT2D eigenvalue weighted by atomic mass is 10.2. The average molecular weight is 362 g/mol. The minimum Gasteiger partial charge on any atom is -0.333 e. The number of carbonyl (C=O) groups is 1. The molecule has 3 rings (SSSR count). The molecule has 1 aromatic carbocycles. The average Bonchev–Trinajstić information content (AvgIpc) is 2.98. The van der Waals surface area contributed by atoms with Crippen LogP contribution < -0.4 is 0 Å². The molecule has 140 valence electrons. The Morgan fingerprint density at radius 2 is 2.00 bits per heavy atom. The molecule has 1 unspecified atom stereocenters. The van der Waals surface area contributed by atoms with Gasteiger partial charge in [0, 0.05) is 38.4 Å². The van der Waals surface area contributed by atoms with Crippen LogP contribution in [0.2, 0.25) is 0 Å². The molecule has 1 saturated heterocycles. The van der Waals surface area contributed by atoms with Crippen LogP contribution in [-0.2, 0) is 13.1 Å². The van der Waals surface area contributed by atoms with Gasteiger partial charge in [-0.05, 0) is 25.0 Å². The zero-order chi connectivity index (χ0) is 18.5. The van der Waals surface area contributed by atoms with Crippen molar-refractivity contribution < 1.29 is 13.6 Å². The van der Waals surface area contributed by atoms with E-state index in [-0.39, 0.29) is 17.6 Å². The van der Waals surface area contributed by atoms with Gasteiger partial charge >= 0.3 is 0 Å². The standard InChI is InChI=1S/C19H24F2N4O/c1-15-12-23(13-16-6-3-2-4-7-16)9-5-10-25(15)19(26)17-8-11-24(22-17)14-18(20)21/h2-4,6-8,11,15,18H,5,9-10,12-14H2,1H3. The van der Waals surface area contributed by atoms with E-state index < -0.39 is 13.0 Å². The molecule has 1 amide bonds. The van der Waals surface area contributed by atoms with E-state index in [1.54, 1.807) is 4.90 Å². The predicted octanol–water partition coefficient (Wildman–Crippen LogP) is 2.88. The number of hydrogen-bond donors (Lipinski definition) is 0. The van der Waals surface area contributed by atoms with Gasteiger partial charge in [0.05, 0.1) is 0 Å². The van der Waals surface area contributed by atoms with Crippen LogP contribution in [0.25, 0.3) is 0 Å². The summed E-state index contributed by atoms with van der Waals surface area (Å²) >= 11 is 0. The largest absolute Gasteiger partial charge is 0.333 e. The molecule has 0 N–H and O–H groups in total. The van der Waals surface area contributed by atoms with E-state index in [4.69, 9.17) is 0 Å². The molecule has 0 aliphatic carbocycles. The molecule has 1 atom stereocenters. The van der Waals surface area contributed by atoms with E-state index in [9.17, 15) is 13.6 Å². The first-order chi connectivity index (χ1) is 12.5. The summed E-state index contributed by atoms with van der Waals surface area (Å²) in [5.41, 5.74) is 1.49. The lowest BCUT2D eigenvalue weighted by molar-refractivity contribution is 0.0682. The van der Waals surface area contributed by atoms with Crippen LogP contribution in [0, 0.1) is 0 Å². The number of halogens is 2. The van der Waals surface area contributed by atoms with E-state index >= 15 is 0 Å². The van der Waals surface area contributed by atoms with E-state index in [0.29, 0.717) is 6.54 Å².